The number of alkyl halides is 4. The van der Waals surface area contributed by atoms with Gasteiger partial charge in [0.2, 0.25) is 0 Å². The molecule has 1 unspecified atom stereocenters. The van der Waals surface area contributed by atoms with Crippen LogP contribution in [0, 0.1) is 0 Å². The van der Waals surface area contributed by atoms with Crippen molar-refractivity contribution in [2.24, 2.45) is 0 Å². The molecule has 9 heteroatoms. The Hall–Kier alpha value is 1.84. The van der Waals surface area contributed by atoms with Crippen molar-refractivity contribution in [2.75, 3.05) is 0 Å². The average molecular weight is 411 g/mol. The molecule has 12 heavy (non-hydrogen) atoms. The van der Waals surface area contributed by atoms with Gasteiger partial charge in [-0.1, -0.05) is 59.4 Å². The number of hydrogen-bond donors (Lipinski definition) is 2. The highest BCUT2D eigenvalue weighted by atomic mass is 79.9. The van der Waals surface area contributed by atoms with E-state index in [-0.39, 0.29) is 6.42 Å². The van der Waals surface area contributed by atoms with E-state index in [1.807, 2.05) is 0 Å². The smallest absolute Gasteiger partial charge is 0.303 e. The van der Waals surface area contributed by atoms with Gasteiger partial charge in [0.25, 0.3) is 0 Å². The third-order valence-corrected chi connectivity index (χ3v) is 2.77. The molecule has 4 nitrogen and oxygen atoms in total. The topological polar surface area (TPSA) is 66.8 Å². The summed E-state index contributed by atoms with van der Waals surface area (Å²) in [5, 5.41) is -0.824. The molecule has 74 valence electrons. The Morgan fingerprint density at radius 1 is 1.58 bits per heavy atom. The molecule has 0 aromatic rings. The normalized spacial score (nSPS) is 16.2. The van der Waals surface area contributed by atoms with Crippen LogP contribution >= 0.6 is 67.2 Å². The van der Waals surface area contributed by atoms with Crippen LogP contribution in [0.2, 0.25) is 0 Å². The van der Waals surface area contributed by atoms with Gasteiger partial charge < -0.3 is 9.79 Å². The molecule has 0 aromatic heterocycles. The van der Waals surface area contributed by atoms with E-state index in [0.29, 0.717) is 0 Å². The summed E-state index contributed by atoms with van der Waals surface area (Å²) in [6, 6.07) is 0. The third-order valence-electron chi connectivity index (χ3n) is 0.644. The molecule has 0 radical (unpaired) electrons. The van der Waals surface area contributed by atoms with E-state index in [1.165, 1.54) is 0 Å². The SMILES string of the molecule is O=P(O)(O)OC(Br)CC(Cl)(Br)Br. The summed E-state index contributed by atoms with van der Waals surface area (Å²) >= 11 is 14.5. The summed E-state index contributed by atoms with van der Waals surface area (Å²) in [4.78, 5) is 16.7. The van der Waals surface area contributed by atoms with Crippen LogP contribution < -0.4 is 0 Å². The lowest BCUT2D eigenvalue weighted by Gasteiger charge is -2.16. The van der Waals surface area contributed by atoms with Crippen LogP contribution in [-0.2, 0) is 9.09 Å². The zero-order chi connectivity index (χ0) is 9.99. The summed E-state index contributed by atoms with van der Waals surface area (Å²) in [6.45, 7) is 0. The lowest BCUT2D eigenvalue weighted by molar-refractivity contribution is 0.182. The third kappa shape index (κ3) is 9.92. The lowest BCUT2D eigenvalue weighted by Crippen LogP contribution is -2.12. The predicted molar refractivity (Wildman–Crippen MR) is 56.9 cm³/mol. The highest BCUT2D eigenvalue weighted by Gasteiger charge is 2.28. The van der Waals surface area contributed by atoms with Crippen molar-refractivity contribution in [1.29, 1.82) is 0 Å². The van der Waals surface area contributed by atoms with Crippen LogP contribution in [0.1, 0.15) is 6.42 Å². The Morgan fingerprint density at radius 2 is 2.00 bits per heavy atom. The summed E-state index contributed by atoms with van der Waals surface area (Å²) in [7, 11) is -4.46. The molecule has 0 aliphatic rings. The first-order valence-corrected chi connectivity index (χ1v) is 6.96. The molecule has 0 aromatic carbocycles. The van der Waals surface area contributed by atoms with E-state index in [1.54, 1.807) is 0 Å². The first-order chi connectivity index (χ1) is 5.10. The molecular weight excluding hydrogens is 406 g/mol. The van der Waals surface area contributed by atoms with Crippen molar-refractivity contribution in [3.63, 3.8) is 0 Å². The Balaban J connectivity index is 3.91. The van der Waals surface area contributed by atoms with E-state index >= 15 is 0 Å². The second-order valence-electron chi connectivity index (χ2n) is 1.83. The molecule has 0 fully saturated rings. The van der Waals surface area contributed by atoms with Gasteiger partial charge in [0.1, 0.15) is 5.01 Å². The second-order valence-corrected chi connectivity index (χ2v) is 9.37. The minimum atomic E-state index is -4.46. The molecule has 1 atom stereocenters. The van der Waals surface area contributed by atoms with Crippen LogP contribution in [0.3, 0.4) is 0 Å². The minimum Gasteiger partial charge on any atom is -0.303 e. The fraction of sp³-hybridized carbons (Fsp3) is 1.00. The molecule has 0 rings (SSSR count). The second kappa shape index (κ2) is 5.07. The predicted octanol–water partition coefficient (Wildman–Crippen LogP) is 2.89. The Bertz CT molecular complexity index is 188. The van der Waals surface area contributed by atoms with Gasteiger partial charge in [-0.25, -0.2) is 4.57 Å². The molecule has 0 spiro atoms. The van der Waals surface area contributed by atoms with Gasteiger partial charge in [-0.3, -0.25) is 4.52 Å². The maximum absolute atomic E-state index is 10.3. The Kier molecular flexibility index (Phi) is 5.85. The van der Waals surface area contributed by atoms with Crippen molar-refractivity contribution in [2.45, 2.75) is 14.1 Å². The fourth-order valence-electron chi connectivity index (χ4n) is 0.368. The molecule has 0 saturated carbocycles. The molecule has 0 amide bonds. The standard InChI is InChI=1S/C3H5Br3ClO4P/c4-2(1-3(5,6)7)11-12(8,9)10/h2H,1H2,(H2,8,9,10). The van der Waals surface area contributed by atoms with E-state index in [2.05, 4.69) is 52.3 Å². The maximum Gasteiger partial charge on any atom is 0.470 e. The van der Waals surface area contributed by atoms with Gasteiger partial charge in [0.15, 0.2) is 2.69 Å². The zero-order valence-electron chi connectivity index (χ0n) is 5.45. The largest absolute Gasteiger partial charge is 0.470 e. The summed E-state index contributed by atoms with van der Waals surface area (Å²) in [5.74, 6) is 0. The molecule has 0 aliphatic heterocycles. The number of phosphoric acid groups is 1. The van der Waals surface area contributed by atoms with Crippen molar-refractivity contribution in [1.82, 2.24) is 0 Å². The van der Waals surface area contributed by atoms with Crippen LogP contribution in [0.15, 0.2) is 0 Å². The van der Waals surface area contributed by atoms with Crippen molar-refractivity contribution < 1.29 is 18.9 Å². The fourth-order valence-corrected chi connectivity index (χ4v) is 3.66. The molecule has 0 bridgehead atoms. The van der Waals surface area contributed by atoms with E-state index in [4.69, 9.17) is 21.4 Å². The first kappa shape index (κ1) is 13.8. The van der Waals surface area contributed by atoms with Gasteiger partial charge in [-0.2, -0.15) is 0 Å². The molecular formula is C3H5Br3ClO4P. The average Bonchev–Trinajstić information content (AvgIpc) is 1.49. The lowest BCUT2D eigenvalue weighted by atomic mass is 10.5. The Labute approximate surface area is 99.6 Å². The highest BCUT2D eigenvalue weighted by molar-refractivity contribution is 9.26. The number of halogens is 4. The maximum atomic E-state index is 10.3. The number of hydrogen-bond acceptors (Lipinski definition) is 2. The van der Waals surface area contributed by atoms with Gasteiger partial charge in [-0.15, -0.1) is 0 Å². The van der Waals surface area contributed by atoms with E-state index in [0.717, 1.165) is 0 Å². The molecule has 0 saturated heterocycles. The van der Waals surface area contributed by atoms with Crippen LogP contribution in [0.4, 0.5) is 0 Å². The van der Waals surface area contributed by atoms with Crippen molar-refractivity contribution >= 4 is 67.2 Å². The number of phosphoric ester groups is 1. The summed E-state index contributed by atoms with van der Waals surface area (Å²) in [5.41, 5.74) is 0. The summed E-state index contributed by atoms with van der Waals surface area (Å²) in [6.07, 6.45) is 0.139. The molecule has 0 aliphatic carbocycles. The minimum absolute atomic E-state index is 0.139. The Morgan fingerprint density at radius 3 is 2.25 bits per heavy atom. The molecule has 2 N–H and O–H groups in total. The van der Waals surface area contributed by atoms with Gasteiger partial charge in [-0.05, 0) is 0 Å². The van der Waals surface area contributed by atoms with Crippen molar-refractivity contribution in [3.05, 3.63) is 0 Å². The van der Waals surface area contributed by atoms with Crippen LogP contribution in [0.25, 0.3) is 0 Å². The van der Waals surface area contributed by atoms with E-state index < -0.39 is 15.5 Å². The highest BCUT2D eigenvalue weighted by Crippen LogP contribution is 2.44. The zero-order valence-corrected chi connectivity index (χ0v) is 11.9. The van der Waals surface area contributed by atoms with E-state index in [9.17, 15) is 4.57 Å². The van der Waals surface area contributed by atoms with Crippen LogP contribution in [0.5, 0.6) is 0 Å². The number of rotatable bonds is 4. The van der Waals surface area contributed by atoms with Gasteiger partial charge in [0.05, 0.1) is 0 Å². The van der Waals surface area contributed by atoms with Crippen molar-refractivity contribution in [3.8, 4) is 0 Å². The quantitative estimate of drug-likeness (QED) is 0.552. The molecule has 0 heterocycles. The van der Waals surface area contributed by atoms with Gasteiger partial charge >= 0.3 is 7.82 Å². The van der Waals surface area contributed by atoms with Crippen LogP contribution in [-0.4, -0.2) is 17.5 Å². The first-order valence-electron chi connectivity index (χ1n) is 2.55. The summed E-state index contributed by atoms with van der Waals surface area (Å²) < 4.78 is 13.6. The monoisotopic (exact) mass is 408 g/mol. The van der Waals surface area contributed by atoms with Gasteiger partial charge in [0, 0.05) is 6.42 Å².